The molecule has 2 aromatic rings. The maximum absolute atomic E-state index is 12.6. The number of likely N-dealkylation sites (tertiary alicyclic amines) is 1. The Morgan fingerprint density at radius 1 is 1.06 bits per heavy atom. The van der Waals surface area contributed by atoms with Crippen molar-refractivity contribution < 1.29 is 4.79 Å². The number of amides is 1. The second kappa shape index (κ2) is 10.3. The summed E-state index contributed by atoms with van der Waals surface area (Å²) in [4.78, 5) is 25.3. The number of carbonyl (C=O) groups excluding carboxylic acids is 1. The van der Waals surface area contributed by atoms with Crippen LogP contribution in [0, 0.1) is 0 Å². The van der Waals surface area contributed by atoms with Crippen molar-refractivity contribution >= 4 is 50.0 Å². The molecule has 4 rings (SSSR count). The molecule has 0 saturated carbocycles. The largest absolute Gasteiger partial charge is 0.325 e. The Bertz CT molecular complexity index is 1010. The normalized spacial score (nSPS) is 17.8. The fourth-order valence-electron chi connectivity index (χ4n) is 4.03. The summed E-state index contributed by atoms with van der Waals surface area (Å²) in [7, 11) is 0. The maximum Gasteiger partial charge on any atom is 0.234 e. The van der Waals surface area contributed by atoms with Gasteiger partial charge in [-0.25, -0.2) is 4.99 Å². The van der Waals surface area contributed by atoms with Gasteiger partial charge in [-0.1, -0.05) is 65.8 Å². The predicted octanol–water partition coefficient (Wildman–Crippen LogP) is 5.40. The Morgan fingerprint density at radius 2 is 1.75 bits per heavy atom. The molecule has 2 aromatic carbocycles. The summed E-state index contributed by atoms with van der Waals surface area (Å²) in [6, 6.07) is 16.2. The molecular formula is C25H29BrN4OS. The molecule has 0 radical (unpaired) electrons. The fraction of sp³-hybridized carbons (Fsp3) is 0.400. The number of aryl methyl sites for hydroxylation is 1. The number of thioether (sulfide) groups is 1. The van der Waals surface area contributed by atoms with Crippen LogP contribution < -0.4 is 5.32 Å². The molecule has 2 heterocycles. The van der Waals surface area contributed by atoms with Gasteiger partial charge in [-0.3, -0.25) is 9.79 Å². The Hall–Kier alpha value is -1.96. The highest BCUT2D eigenvalue weighted by atomic mass is 79.9. The highest BCUT2D eigenvalue weighted by molar-refractivity contribution is 9.10. The first-order valence-corrected chi connectivity index (χ1v) is 13.0. The number of carbonyl (C=O) groups is 1. The van der Waals surface area contributed by atoms with Gasteiger partial charge in [-0.2, -0.15) is 0 Å². The van der Waals surface area contributed by atoms with Crippen molar-refractivity contribution in [3.8, 4) is 0 Å². The summed E-state index contributed by atoms with van der Waals surface area (Å²) < 4.78 is 1.03. The first kappa shape index (κ1) is 23.2. The number of hydrogen-bond acceptors (Lipinski definition) is 5. The van der Waals surface area contributed by atoms with E-state index in [4.69, 9.17) is 9.98 Å². The molecular weight excluding hydrogens is 484 g/mol. The first-order valence-electron chi connectivity index (χ1n) is 11.2. The molecule has 7 heteroatoms. The number of rotatable bonds is 6. The van der Waals surface area contributed by atoms with E-state index in [-0.39, 0.29) is 11.6 Å². The lowest BCUT2D eigenvalue weighted by atomic mass is 9.98. The molecule has 1 saturated heterocycles. The zero-order valence-electron chi connectivity index (χ0n) is 18.6. The topological polar surface area (TPSA) is 57.1 Å². The van der Waals surface area contributed by atoms with E-state index < -0.39 is 0 Å². The van der Waals surface area contributed by atoms with Crippen LogP contribution in [0.25, 0.3) is 0 Å². The average Bonchev–Trinajstić information content (AvgIpc) is 3.17. The highest BCUT2D eigenvalue weighted by Crippen LogP contribution is 2.35. The van der Waals surface area contributed by atoms with E-state index >= 15 is 0 Å². The van der Waals surface area contributed by atoms with Crippen molar-refractivity contribution in [1.29, 1.82) is 0 Å². The predicted molar refractivity (Wildman–Crippen MR) is 139 cm³/mol. The first-order chi connectivity index (χ1) is 15.5. The number of nitrogens with zero attached hydrogens (tertiary/aromatic N) is 3. The average molecular weight is 514 g/mol. The molecule has 0 aliphatic carbocycles. The zero-order chi connectivity index (χ0) is 22.6. The van der Waals surface area contributed by atoms with Crippen LogP contribution in [0.4, 0.5) is 5.69 Å². The van der Waals surface area contributed by atoms with Crippen LogP contribution in [0.15, 0.2) is 63.0 Å². The lowest BCUT2D eigenvalue weighted by Crippen LogP contribution is -2.41. The number of nitrogens with one attached hydrogen (secondary N) is 1. The molecule has 2 aliphatic rings. The van der Waals surface area contributed by atoms with E-state index in [9.17, 15) is 4.79 Å². The number of hydrogen-bond donors (Lipinski definition) is 1. The summed E-state index contributed by atoms with van der Waals surface area (Å²) >= 11 is 4.99. The van der Waals surface area contributed by atoms with E-state index in [0.29, 0.717) is 5.75 Å². The van der Waals surface area contributed by atoms with Crippen molar-refractivity contribution in [3.63, 3.8) is 0 Å². The van der Waals surface area contributed by atoms with Crippen LogP contribution in [-0.4, -0.2) is 52.6 Å². The minimum absolute atomic E-state index is 0.0288. The minimum Gasteiger partial charge on any atom is -0.325 e. The second-order valence-electron chi connectivity index (χ2n) is 8.19. The number of piperidine rings is 1. The van der Waals surface area contributed by atoms with Crippen LogP contribution in [0.3, 0.4) is 0 Å². The van der Waals surface area contributed by atoms with Gasteiger partial charge in [0.2, 0.25) is 5.91 Å². The molecule has 1 fully saturated rings. The van der Waals surface area contributed by atoms with Crippen molar-refractivity contribution in [1.82, 2.24) is 4.90 Å². The third-order valence-corrected chi connectivity index (χ3v) is 7.53. The van der Waals surface area contributed by atoms with Gasteiger partial charge >= 0.3 is 0 Å². The molecule has 32 heavy (non-hydrogen) atoms. The lowest BCUT2D eigenvalue weighted by molar-refractivity contribution is -0.113. The maximum atomic E-state index is 12.6. The third kappa shape index (κ3) is 5.50. The van der Waals surface area contributed by atoms with Crippen molar-refractivity contribution in [2.45, 2.75) is 38.8 Å². The molecule has 168 valence electrons. The summed E-state index contributed by atoms with van der Waals surface area (Å²) in [5.41, 5.74) is 3.65. The van der Waals surface area contributed by atoms with E-state index in [2.05, 4.69) is 64.3 Å². The van der Waals surface area contributed by atoms with Crippen molar-refractivity contribution in [2.24, 2.45) is 9.98 Å². The van der Waals surface area contributed by atoms with Gasteiger partial charge in [0.15, 0.2) is 5.66 Å². The van der Waals surface area contributed by atoms with Crippen LogP contribution >= 0.6 is 27.7 Å². The lowest BCUT2D eigenvalue weighted by Gasteiger charge is -2.34. The van der Waals surface area contributed by atoms with Crippen LogP contribution in [0.2, 0.25) is 0 Å². The summed E-state index contributed by atoms with van der Waals surface area (Å²) in [5, 5.41) is 3.87. The van der Waals surface area contributed by atoms with E-state index in [1.54, 1.807) is 0 Å². The zero-order valence-corrected chi connectivity index (χ0v) is 21.0. The van der Waals surface area contributed by atoms with Crippen LogP contribution in [0.5, 0.6) is 0 Å². The smallest absolute Gasteiger partial charge is 0.234 e. The molecule has 2 aliphatic heterocycles. The molecule has 1 N–H and O–H groups in total. The van der Waals surface area contributed by atoms with Crippen LogP contribution in [-0.2, 0) is 11.2 Å². The number of anilines is 1. The monoisotopic (exact) mass is 512 g/mol. The van der Waals surface area contributed by atoms with Gasteiger partial charge in [0.05, 0.1) is 11.5 Å². The van der Waals surface area contributed by atoms with Crippen LogP contribution in [0.1, 0.15) is 37.8 Å². The quantitative estimate of drug-likeness (QED) is 0.563. The van der Waals surface area contributed by atoms with E-state index in [1.807, 2.05) is 24.3 Å². The summed E-state index contributed by atoms with van der Waals surface area (Å²) in [6.45, 7) is 7.38. The van der Waals surface area contributed by atoms with Gasteiger partial charge in [0.25, 0.3) is 0 Å². The molecule has 0 bridgehead atoms. The summed E-state index contributed by atoms with van der Waals surface area (Å²) in [5.74, 6) is 0.278. The second-order valence-corrected chi connectivity index (χ2v) is 10.1. The highest BCUT2D eigenvalue weighted by Gasteiger charge is 2.39. The Balaban J connectivity index is 1.48. The number of halogens is 1. The van der Waals surface area contributed by atoms with E-state index in [0.717, 1.165) is 65.4 Å². The van der Waals surface area contributed by atoms with E-state index in [1.165, 1.54) is 17.3 Å². The third-order valence-electron chi connectivity index (χ3n) is 6.04. The SMILES string of the molecule is CCc1ccc(NC(=O)CSC2=NC3(CCN(CC)CC3)N=C2c2ccc(Br)cc2)cc1. The number of benzene rings is 2. The summed E-state index contributed by atoms with van der Waals surface area (Å²) in [6.07, 6.45) is 2.82. The van der Waals surface area contributed by atoms with Gasteiger partial charge in [0.1, 0.15) is 5.04 Å². The number of aliphatic imine (C=N–C) groups is 2. The fourth-order valence-corrected chi connectivity index (χ4v) is 5.16. The molecule has 1 spiro atoms. The standard InChI is InChI=1S/C25H29BrN4OS/c1-3-18-5-11-21(12-6-18)27-22(31)17-32-24-23(19-7-9-20(26)10-8-19)28-25(29-24)13-15-30(4-2)16-14-25/h5-12H,3-4,13-17H2,1-2H3,(H,27,31). The van der Waals surface area contributed by atoms with Gasteiger partial charge in [0, 0.05) is 41.7 Å². The van der Waals surface area contributed by atoms with Crippen molar-refractivity contribution in [2.75, 3.05) is 30.7 Å². The molecule has 0 atom stereocenters. The Morgan fingerprint density at radius 3 is 2.38 bits per heavy atom. The van der Waals surface area contributed by atoms with Gasteiger partial charge in [-0.05, 0) is 42.8 Å². The minimum atomic E-state index is -0.386. The van der Waals surface area contributed by atoms with Crippen molar-refractivity contribution in [3.05, 3.63) is 64.1 Å². The van der Waals surface area contributed by atoms with Gasteiger partial charge in [-0.15, -0.1) is 0 Å². The molecule has 1 amide bonds. The molecule has 0 aromatic heterocycles. The Labute approximate surface area is 202 Å². The van der Waals surface area contributed by atoms with Gasteiger partial charge < -0.3 is 10.2 Å². The molecule has 5 nitrogen and oxygen atoms in total. The molecule has 0 unspecified atom stereocenters. The Kier molecular flexibility index (Phi) is 7.48.